The van der Waals surface area contributed by atoms with Crippen molar-refractivity contribution < 1.29 is 26.4 Å². The Morgan fingerprint density at radius 2 is 1.56 bits per heavy atom. The number of carbonyl (C=O) groups excluding carboxylic acids is 1. The minimum atomic E-state index is -4.74. The Morgan fingerprint density at radius 3 is 2.28 bits per heavy atom. The van der Waals surface area contributed by atoms with Crippen LogP contribution in [0.2, 0.25) is 5.02 Å². The molecule has 0 aromatic heterocycles. The molecule has 10 heteroatoms. The first kappa shape index (κ1) is 25.5. The molecule has 0 radical (unpaired) electrons. The van der Waals surface area contributed by atoms with Gasteiger partial charge in [0, 0.05) is 6.54 Å². The van der Waals surface area contributed by atoms with E-state index in [4.69, 9.17) is 11.6 Å². The third-order valence-corrected chi connectivity index (χ3v) is 7.61. The first-order valence-corrected chi connectivity index (χ1v) is 12.6. The van der Waals surface area contributed by atoms with E-state index < -0.39 is 39.9 Å². The quantitative estimate of drug-likeness (QED) is 0.316. The van der Waals surface area contributed by atoms with E-state index in [1.54, 1.807) is 6.07 Å². The van der Waals surface area contributed by atoms with Gasteiger partial charge in [-0.05, 0) is 46.7 Å². The molecule has 4 rings (SSSR count). The summed E-state index contributed by atoms with van der Waals surface area (Å²) in [6, 6.07) is 22.6. The standard InChI is InChI=1S/C26H20ClF3N2O3S/c27-23-14-13-20(26(28,29)30)15-24(23)32(36(34,35)21-10-2-1-3-11-21)17-25(33)31-16-19-9-6-8-18-7-4-5-12-22(18)19/h1-15H,16-17H2,(H,31,33). The lowest BCUT2D eigenvalue weighted by Gasteiger charge is -2.26. The molecule has 1 N–H and O–H groups in total. The van der Waals surface area contributed by atoms with Crippen LogP contribution in [0.25, 0.3) is 10.8 Å². The van der Waals surface area contributed by atoms with Crippen molar-refractivity contribution >= 4 is 44.0 Å². The molecule has 0 spiro atoms. The fourth-order valence-corrected chi connectivity index (χ4v) is 5.45. The third kappa shape index (κ3) is 5.47. The van der Waals surface area contributed by atoms with Crippen molar-refractivity contribution in [2.75, 3.05) is 10.8 Å². The molecular formula is C26H20ClF3N2O3S. The summed E-state index contributed by atoms with van der Waals surface area (Å²) in [5.74, 6) is -0.712. The van der Waals surface area contributed by atoms with E-state index in [9.17, 15) is 26.4 Å². The predicted octanol–water partition coefficient (Wildman–Crippen LogP) is 6.02. The summed E-state index contributed by atoms with van der Waals surface area (Å²) in [5.41, 5.74) is -0.738. The number of nitrogens with zero attached hydrogens (tertiary/aromatic N) is 1. The number of hydrogen-bond donors (Lipinski definition) is 1. The molecule has 0 saturated heterocycles. The summed E-state index contributed by atoms with van der Waals surface area (Å²) in [4.78, 5) is 12.7. The maximum Gasteiger partial charge on any atom is 0.416 e. The first-order valence-electron chi connectivity index (χ1n) is 10.8. The van der Waals surface area contributed by atoms with Crippen LogP contribution in [0.5, 0.6) is 0 Å². The number of benzene rings is 4. The molecule has 0 unspecified atom stereocenters. The van der Waals surface area contributed by atoms with Crippen molar-refractivity contribution in [1.29, 1.82) is 0 Å². The lowest BCUT2D eigenvalue weighted by Crippen LogP contribution is -2.41. The van der Waals surface area contributed by atoms with Gasteiger partial charge in [0.2, 0.25) is 5.91 Å². The fraction of sp³-hybridized carbons (Fsp3) is 0.115. The van der Waals surface area contributed by atoms with Gasteiger partial charge in [-0.3, -0.25) is 9.10 Å². The topological polar surface area (TPSA) is 66.5 Å². The Balaban J connectivity index is 1.67. The van der Waals surface area contributed by atoms with Gasteiger partial charge >= 0.3 is 6.18 Å². The van der Waals surface area contributed by atoms with Gasteiger partial charge in [-0.15, -0.1) is 0 Å². The molecule has 0 fully saturated rings. The molecule has 0 aliphatic heterocycles. The van der Waals surface area contributed by atoms with E-state index in [1.807, 2.05) is 42.5 Å². The summed E-state index contributed by atoms with van der Waals surface area (Å²) in [5, 5.41) is 4.30. The predicted molar refractivity (Wildman–Crippen MR) is 133 cm³/mol. The van der Waals surface area contributed by atoms with E-state index in [0.29, 0.717) is 10.4 Å². The molecular weight excluding hydrogens is 513 g/mol. The van der Waals surface area contributed by atoms with Crippen LogP contribution in [-0.4, -0.2) is 20.9 Å². The largest absolute Gasteiger partial charge is 0.416 e. The minimum Gasteiger partial charge on any atom is -0.350 e. The van der Waals surface area contributed by atoms with E-state index in [2.05, 4.69) is 5.32 Å². The van der Waals surface area contributed by atoms with E-state index in [0.717, 1.165) is 28.5 Å². The van der Waals surface area contributed by atoms with Gasteiger partial charge in [-0.2, -0.15) is 13.2 Å². The van der Waals surface area contributed by atoms with Gasteiger partial charge in [0.05, 0.1) is 21.2 Å². The third-order valence-electron chi connectivity index (χ3n) is 5.52. The van der Waals surface area contributed by atoms with Crippen LogP contribution < -0.4 is 9.62 Å². The average molecular weight is 533 g/mol. The van der Waals surface area contributed by atoms with Gasteiger partial charge in [0.15, 0.2) is 0 Å². The molecule has 4 aromatic carbocycles. The molecule has 4 aromatic rings. The molecule has 0 aliphatic carbocycles. The molecule has 5 nitrogen and oxygen atoms in total. The number of halogens is 4. The van der Waals surface area contributed by atoms with Gasteiger partial charge in [-0.1, -0.05) is 72.3 Å². The number of alkyl halides is 3. The molecule has 0 aliphatic rings. The highest BCUT2D eigenvalue weighted by molar-refractivity contribution is 7.92. The number of nitrogens with one attached hydrogen (secondary N) is 1. The molecule has 0 heterocycles. The van der Waals surface area contributed by atoms with Gasteiger partial charge in [0.25, 0.3) is 10.0 Å². The van der Waals surface area contributed by atoms with Crippen molar-refractivity contribution in [2.24, 2.45) is 0 Å². The summed E-state index contributed by atoms with van der Waals surface area (Å²) >= 11 is 6.15. The number of hydrogen-bond acceptors (Lipinski definition) is 3. The minimum absolute atomic E-state index is 0.0930. The molecule has 36 heavy (non-hydrogen) atoms. The lowest BCUT2D eigenvalue weighted by molar-refractivity contribution is -0.137. The fourth-order valence-electron chi connectivity index (χ4n) is 3.73. The SMILES string of the molecule is O=C(CN(c1cc(C(F)(F)F)ccc1Cl)S(=O)(=O)c1ccccc1)NCc1cccc2ccccc12. The van der Waals surface area contributed by atoms with Gasteiger partial charge in [0.1, 0.15) is 6.54 Å². The van der Waals surface area contributed by atoms with Crippen LogP contribution in [0, 0.1) is 0 Å². The van der Waals surface area contributed by atoms with Gasteiger partial charge in [-0.25, -0.2) is 8.42 Å². The van der Waals surface area contributed by atoms with Crippen molar-refractivity contribution in [3.05, 3.63) is 107 Å². The Bertz CT molecular complexity index is 1500. The Hall–Kier alpha value is -3.56. The average Bonchev–Trinajstić information content (AvgIpc) is 2.86. The first-order chi connectivity index (χ1) is 17.1. The number of anilines is 1. The summed E-state index contributed by atoms with van der Waals surface area (Å²) in [7, 11) is -4.43. The van der Waals surface area contributed by atoms with E-state index >= 15 is 0 Å². The second-order valence-electron chi connectivity index (χ2n) is 7.90. The van der Waals surface area contributed by atoms with Crippen LogP contribution in [0.3, 0.4) is 0 Å². The van der Waals surface area contributed by atoms with E-state index in [1.165, 1.54) is 24.3 Å². The highest BCUT2D eigenvalue weighted by atomic mass is 35.5. The monoisotopic (exact) mass is 532 g/mol. The van der Waals surface area contributed by atoms with Crippen LogP contribution in [-0.2, 0) is 27.5 Å². The summed E-state index contributed by atoms with van der Waals surface area (Å²) < 4.78 is 67.6. The zero-order chi connectivity index (χ0) is 25.9. The maximum atomic E-state index is 13.4. The number of carbonyl (C=O) groups is 1. The normalized spacial score (nSPS) is 11.9. The second kappa shape index (κ2) is 10.2. The molecule has 0 atom stereocenters. The molecule has 1 amide bonds. The number of rotatable bonds is 7. The molecule has 0 bridgehead atoms. The smallest absolute Gasteiger partial charge is 0.350 e. The van der Waals surface area contributed by atoms with Crippen LogP contribution in [0.15, 0.2) is 95.9 Å². The van der Waals surface area contributed by atoms with Crippen molar-refractivity contribution in [3.63, 3.8) is 0 Å². The highest BCUT2D eigenvalue weighted by Gasteiger charge is 2.34. The molecule has 186 valence electrons. The van der Waals surface area contributed by atoms with Gasteiger partial charge < -0.3 is 5.32 Å². The Morgan fingerprint density at radius 1 is 0.889 bits per heavy atom. The zero-order valence-electron chi connectivity index (χ0n) is 18.7. The number of fused-ring (bicyclic) bond motifs is 1. The summed E-state index contributed by atoms with van der Waals surface area (Å²) in [6.45, 7) is -0.682. The van der Waals surface area contributed by atoms with Crippen LogP contribution >= 0.6 is 11.6 Å². The number of sulfonamides is 1. The zero-order valence-corrected chi connectivity index (χ0v) is 20.2. The van der Waals surface area contributed by atoms with Crippen LogP contribution in [0.4, 0.5) is 18.9 Å². The Labute approximate surface area is 211 Å². The van der Waals surface area contributed by atoms with Crippen molar-refractivity contribution in [1.82, 2.24) is 5.32 Å². The summed E-state index contributed by atoms with van der Waals surface area (Å²) in [6.07, 6.45) is -4.74. The maximum absolute atomic E-state index is 13.4. The molecule has 0 saturated carbocycles. The highest BCUT2D eigenvalue weighted by Crippen LogP contribution is 2.37. The Kier molecular flexibility index (Phi) is 7.23. The lowest BCUT2D eigenvalue weighted by atomic mass is 10.0. The van der Waals surface area contributed by atoms with Crippen LogP contribution in [0.1, 0.15) is 11.1 Å². The number of amides is 1. The van der Waals surface area contributed by atoms with Crippen molar-refractivity contribution in [3.8, 4) is 0 Å². The second-order valence-corrected chi connectivity index (χ2v) is 10.2. The van der Waals surface area contributed by atoms with E-state index in [-0.39, 0.29) is 16.5 Å². The van der Waals surface area contributed by atoms with Crippen molar-refractivity contribution in [2.45, 2.75) is 17.6 Å².